The zero-order valence-corrected chi connectivity index (χ0v) is 12.3. The van der Waals surface area contributed by atoms with Crippen molar-refractivity contribution in [3.05, 3.63) is 62.8 Å². The maximum atomic E-state index is 13.2. The lowest BCUT2D eigenvalue weighted by atomic mass is 10.1. The Morgan fingerprint density at radius 3 is 2.35 bits per heavy atom. The molecule has 0 unspecified atom stereocenters. The van der Waals surface area contributed by atoms with E-state index in [1.165, 1.54) is 24.3 Å². The number of ketones is 1. The molecule has 0 radical (unpaired) electrons. The zero-order chi connectivity index (χ0) is 14.7. The van der Waals surface area contributed by atoms with Gasteiger partial charge in [0.1, 0.15) is 11.6 Å². The largest absolute Gasteiger partial charge is 0.485 e. The fourth-order valence-corrected chi connectivity index (χ4v) is 1.88. The van der Waals surface area contributed by atoms with Gasteiger partial charge in [-0.15, -0.1) is 0 Å². The third-order valence-electron chi connectivity index (χ3n) is 2.50. The summed E-state index contributed by atoms with van der Waals surface area (Å²) >= 11 is 17.1. The Labute approximate surface area is 130 Å². The van der Waals surface area contributed by atoms with Crippen LogP contribution in [-0.4, -0.2) is 12.4 Å². The second kappa shape index (κ2) is 6.44. The number of halogens is 4. The molecule has 2 rings (SSSR count). The van der Waals surface area contributed by atoms with Crippen molar-refractivity contribution in [2.45, 2.75) is 0 Å². The lowest BCUT2D eigenvalue weighted by Crippen LogP contribution is -2.11. The molecule has 0 atom stereocenters. The highest BCUT2D eigenvalue weighted by atomic mass is 35.5. The van der Waals surface area contributed by atoms with Crippen molar-refractivity contribution < 1.29 is 13.9 Å². The number of benzene rings is 2. The van der Waals surface area contributed by atoms with Gasteiger partial charge in [-0.05, 0) is 30.3 Å². The smallest absolute Gasteiger partial charge is 0.200 e. The van der Waals surface area contributed by atoms with Crippen LogP contribution in [-0.2, 0) is 0 Å². The third kappa shape index (κ3) is 3.63. The zero-order valence-electron chi connectivity index (χ0n) is 10.00. The van der Waals surface area contributed by atoms with Gasteiger partial charge in [0.15, 0.2) is 12.4 Å². The van der Waals surface area contributed by atoms with E-state index in [2.05, 4.69) is 0 Å². The van der Waals surface area contributed by atoms with Gasteiger partial charge in [-0.2, -0.15) is 0 Å². The lowest BCUT2D eigenvalue weighted by molar-refractivity contribution is 0.0921. The molecular formula is C14H8Cl3FO2. The Hall–Kier alpha value is -1.29. The van der Waals surface area contributed by atoms with Crippen LogP contribution in [0.15, 0.2) is 36.4 Å². The summed E-state index contributed by atoms with van der Waals surface area (Å²) in [4.78, 5) is 11.9. The lowest BCUT2D eigenvalue weighted by Gasteiger charge is -2.07. The summed E-state index contributed by atoms with van der Waals surface area (Å²) in [7, 11) is 0. The maximum absolute atomic E-state index is 13.2. The SMILES string of the molecule is O=C(COc1ccc(Cl)c(F)c1)c1ccc(Cl)c(Cl)c1. The van der Waals surface area contributed by atoms with Gasteiger partial charge < -0.3 is 4.74 Å². The monoisotopic (exact) mass is 332 g/mol. The fourth-order valence-electron chi connectivity index (χ4n) is 1.47. The number of rotatable bonds is 4. The molecule has 0 aliphatic heterocycles. The molecule has 0 amide bonds. The van der Waals surface area contributed by atoms with Crippen molar-refractivity contribution in [2.75, 3.05) is 6.61 Å². The van der Waals surface area contributed by atoms with E-state index in [0.717, 1.165) is 6.07 Å². The van der Waals surface area contributed by atoms with Crippen molar-refractivity contribution in [1.82, 2.24) is 0 Å². The Kier molecular flexibility index (Phi) is 4.86. The molecule has 0 aliphatic carbocycles. The van der Waals surface area contributed by atoms with E-state index in [1.807, 2.05) is 0 Å². The maximum Gasteiger partial charge on any atom is 0.200 e. The second-order valence-corrected chi connectivity index (χ2v) is 5.14. The highest BCUT2D eigenvalue weighted by Gasteiger charge is 2.10. The molecular weight excluding hydrogens is 326 g/mol. The first-order chi connectivity index (χ1) is 9.47. The summed E-state index contributed by atoms with van der Waals surface area (Å²) in [5.74, 6) is -0.676. The predicted molar refractivity (Wildman–Crippen MR) is 77.7 cm³/mol. The first-order valence-corrected chi connectivity index (χ1v) is 6.67. The van der Waals surface area contributed by atoms with Crippen molar-refractivity contribution in [1.29, 1.82) is 0 Å². The standard InChI is InChI=1S/C14H8Cl3FO2/c15-10-3-1-8(5-12(10)17)14(19)7-20-9-2-4-11(16)13(18)6-9/h1-6H,7H2. The number of hydrogen-bond donors (Lipinski definition) is 0. The normalized spacial score (nSPS) is 10.4. The molecule has 20 heavy (non-hydrogen) atoms. The summed E-state index contributed by atoms with van der Waals surface area (Å²) in [6.45, 7) is -0.237. The minimum Gasteiger partial charge on any atom is -0.485 e. The molecule has 2 nitrogen and oxygen atoms in total. The Balaban J connectivity index is 2.04. The first kappa shape index (κ1) is 15.1. The van der Waals surface area contributed by atoms with Crippen LogP contribution in [0.4, 0.5) is 4.39 Å². The van der Waals surface area contributed by atoms with Crippen LogP contribution in [0.1, 0.15) is 10.4 Å². The minimum atomic E-state index is -0.605. The van der Waals surface area contributed by atoms with Crippen LogP contribution < -0.4 is 4.74 Å². The summed E-state index contributed by atoms with van der Waals surface area (Å²) in [5, 5.41) is 0.645. The van der Waals surface area contributed by atoms with Gasteiger partial charge in [-0.1, -0.05) is 34.8 Å². The topological polar surface area (TPSA) is 26.3 Å². The number of carbonyl (C=O) groups is 1. The molecule has 0 saturated carbocycles. The quantitative estimate of drug-likeness (QED) is 0.732. The molecule has 0 bridgehead atoms. The number of Topliss-reactive ketones (excluding diaryl/α,β-unsaturated/α-hetero) is 1. The molecule has 0 fully saturated rings. The molecule has 0 aliphatic rings. The van der Waals surface area contributed by atoms with Gasteiger partial charge in [0.2, 0.25) is 0 Å². The van der Waals surface area contributed by atoms with E-state index in [9.17, 15) is 9.18 Å². The minimum absolute atomic E-state index is 0.00633. The van der Waals surface area contributed by atoms with Crippen molar-refractivity contribution in [3.8, 4) is 5.75 Å². The van der Waals surface area contributed by atoms with Crippen LogP contribution in [0, 0.1) is 5.82 Å². The molecule has 2 aromatic carbocycles. The van der Waals surface area contributed by atoms with Gasteiger partial charge in [0.25, 0.3) is 0 Å². The highest BCUT2D eigenvalue weighted by molar-refractivity contribution is 6.42. The average molecular weight is 334 g/mol. The third-order valence-corrected chi connectivity index (χ3v) is 3.55. The number of carbonyl (C=O) groups excluding carboxylic acids is 1. The molecule has 6 heteroatoms. The molecule has 0 aromatic heterocycles. The number of ether oxygens (including phenoxy) is 1. The van der Waals surface area contributed by atoms with Gasteiger partial charge in [-0.25, -0.2) is 4.39 Å². The first-order valence-electron chi connectivity index (χ1n) is 5.53. The van der Waals surface area contributed by atoms with Crippen molar-refractivity contribution >= 4 is 40.6 Å². The Bertz CT molecular complexity index is 659. The van der Waals surface area contributed by atoms with E-state index in [-0.39, 0.29) is 28.2 Å². The highest BCUT2D eigenvalue weighted by Crippen LogP contribution is 2.23. The van der Waals surface area contributed by atoms with Gasteiger partial charge in [0.05, 0.1) is 15.1 Å². The Morgan fingerprint density at radius 2 is 1.70 bits per heavy atom. The van der Waals surface area contributed by atoms with Crippen LogP contribution >= 0.6 is 34.8 Å². The summed E-state index contributed by atoms with van der Waals surface area (Å²) in [5.41, 5.74) is 0.369. The van der Waals surface area contributed by atoms with Gasteiger partial charge >= 0.3 is 0 Å². The molecule has 104 valence electrons. The second-order valence-electron chi connectivity index (χ2n) is 3.92. The molecule has 0 N–H and O–H groups in total. The number of hydrogen-bond acceptors (Lipinski definition) is 2. The summed E-state index contributed by atoms with van der Waals surface area (Å²) < 4.78 is 18.4. The van der Waals surface area contributed by atoms with Crippen molar-refractivity contribution in [3.63, 3.8) is 0 Å². The summed E-state index contributed by atoms with van der Waals surface area (Å²) in [6.07, 6.45) is 0. The molecule has 0 spiro atoms. The predicted octanol–water partition coefficient (Wildman–Crippen LogP) is 5.05. The Morgan fingerprint density at radius 1 is 1.00 bits per heavy atom. The summed E-state index contributed by atoms with van der Waals surface area (Å²) in [6, 6.07) is 8.48. The van der Waals surface area contributed by atoms with E-state index in [1.54, 1.807) is 6.07 Å². The molecule has 2 aromatic rings. The van der Waals surface area contributed by atoms with E-state index < -0.39 is 5.82 Å². The van der Waals surface area contributed by atoms with Crippen LogP contribution in [0.2, 0.25) is 15.1 Å². The van der Waals surface area contributed by atoms with Crippen LogP contribution in [0.5, 0.6) is 5.75 Å². The average Bonchev–Trinajstić information content (AvgIpc) is 2.43. The van der Waals surface area contributed by atoms with Crippen molar-refractivity contribution in [2.24, 2.45) is 0 Å². The molecule has 0 saturated heterocycles. The fraction of sp³-hybridized carbons (Fsp3) is 0.0714. The van der Waals surface area contributed by atoms with Crippen LogP contribution in [0.3, 0.4) is 0 Å². The van der Waals surface area contributed by atoms with Crippen LogP contribution in [0.25, 0.3) is 0 Å². The van der Waals surface area contributed by atoms with E-state index in [0.29, 0.717) is 10.6 Å². The van der Waals surface area contributed by atoms with E-state index >= 15 is 0 Å². The molecule has 0 heterocycles. The van der Waals surface area contributed by atoms with E-state index in [4.69, 9.17) is 39.5 Å². The van der Waals surface area contributed by atoms with Gasteiger partial charge in [-0.3, -0.25) is 4.79 Å². The van der Waals surface area contributed by atoms with Gasteiger partial charge in [0, 0.05) is 11.6 Å².